The van der Waals surface area contributed by atoms with E-state index in [0.717, 1.165) is 5.75 Å². The molecule has 5 heteroatoms. The zero-order valence-electron chi connectivity index (χ0n) is 13.3. The van der Waals surface area contributed by atoms with E-state index in [-0.39, 0.29) is 5.91 Å². The van der Waals surface area contributed by atoms with Crippen molar-refractivity contribution in [1.82, 2.24) is 9.97 Å². The van der Waals surface area contributed by atoms with Crippen LogP contribution in [-0.4, -0.2) is 22.5 Å². The number of amides is 1. The van der Waals surface area contributed by atoms with Crippen molar-refractivity contribution in [3.8, 4) is 17.1 Å². The van der Waals surface area contributed by atoms with Crippen LogP contribution >= 0.6 is 0 Å². The maximum atomic E-state index is 12.6. The molecule has 0 spiro atoms. The van der Waals surface area contributed by atoms with Gasteiger partial charge in [-0.15, -0.1) is 0 Å². The second-order valence-corrected chi connectivity index (χ2v) is 5.03. The zero-order chi connectivity index (χ0) is 16.8. The van der Waals surface area contributed by atoms with E-state index in [1.165, 1.54) is 0 Å². The number of ether oxygens (including phenoxy) is 1. The molecule has 3 aromatic rings. The number of rotatable bonds is 5. The molecule has 0 radical (unpaired) electrons. The summed E-state index contributed by atoms with van der Waals surface area (Å²) >= 11 is 0. The smallest absolute Gasteiger partial charge is 0.256 e. The number of hydrogen-bond acceptors (Lipinski definition) is 4. The molecule has 1 N–H and O–H groups in total. The first-order valence-electron chi connectivity index (χ1n) is 7.68. The summed E-state index contributed by atoms with van der Waals surface area (Å²) < 4.78 is 5.40. The standard InChI is InChI=1S/C19H17N3O2/c1-2-24-15-10-8-14(9-11-15)22-19(23)17-7-4-3-6-16(17)18-20-12-5-13-21-18/h3-13H,2H2,1H3,(H,22,23). The van der Waals surface area contributed by atoms with Crippen molar-refractivity contribution in [3.05, 3.63) is 72.6 Å². The minimum Gasteiger partial charge on any atom is -0.494 e. The van der Waals surface area contributed by atoms with Gasteiger partial charge in [-0.2, -0.15) is 0 Å². The molecule has 0 bridgehead atoms. The molecule has 0 aliphatic heterocycles. The monoisotopic (exact) mass is 319 g/mol. The molecule has 0 unspecified atom stereocenters. The molecule has 0 aliphatic rings. The van der Waals surface area contributed by atoms with Crippen LogP contribution < -0.4 is 10.1 Å². The molecule has 1 amide bonds. The molecule has 0 saturated carbocycles. The number of carbonyl (C=O) groups excluding carboxylic acids is 1. The van der Waals surface area contributed by atoms with Gasteiger partial charge in [-0.05, 0) is 43.3 Å². The van der Waals surface area contributed by atoms with Gasteiger partial charge in [0.15, 0.2) is 5.82 Å². The molecule has 3 rings (SSSR count). The third kappa shape index (κ3) is 3.57. The summed E-state index contributed by atoms with van der Waals surface area (Å²) in [6.45, 7) is 2.54. The first kappa shape index (κ1) is 15.7. The third-order valence-electron chi connectivity index (χ3n) is 3.40. The highest BCUT2D eigenvalue weighted by Gasteiger charge is 2.14. The van der Waals surface area contributed by atoms with Crippen molar-refractivity contribution in [1.29, 1.82) is 0 Å². The van der Waals surface area contributed by atoms with Crippen molar-refractivity contribution >= 4 is 11.6 Å². The van der Waals surface area contributed by atoms with Crippen LogP contribution in [0, 0.1) is 0 Å². The summed E-state index contributed by atoms with van der Waals surface area (Å²) in [6.07, 6.45) is 3.31. The van der Waals surface area contributed by atoms with Crippen molar-refractivity contribution in [3.63, 3.8) is 0 Å². The Hall–Kier alpha value is -3.21. The number of benzene rings is 2. The highest BCUT2D eigenvalue weighted by atomic mass is 16.5. The topological polar surface area (TPSA) is 64.1 Å². The first-order valence-corrected chi connectivity index (χ1v) is 7.68. The summed E-state index contributed by atoms with van der Waals surface area (Å²) in [5.74, 6) is 1.09. The number of carbonyl (C=O) groups is 1. The average molecular weight is 319 g/mol. The van der Waals surface area contributed by atoms with E-state index in [1.807, 2.05) is 49.4 Å². The maximum Gasteiger partial charge on any atom is 0.256 e. The van der Waals surface area contributed by atoms with Gasteiger partial charge in [-0.1, -0.05) is 18.2 Å². The fraction of sp³-hybridized carbons (Fsp3) is 0.105. The van der Waals surface area contributed by atoms with Crippen molar-refractivity contribution in [2.45, 2.75) is 6.92 Å². The number of nitrogens with one attached hydrogen (secondary N) is 1. The van der Waals surface area contributed by atoms with E-state index in [4.69, 9.17) is 4.74 Å². The van der Waals surface area contributed by atoms with Gasteiger partial charge in [0.05, 0.1) is 12.2 Å². The molecule has 5 nitrogen and oxygen atoms in total. The van der Waals surface area contributed by atoms with Gasteiger partial charge in [0.2, 0.25) is 0 Å². The summed E-state index contributed by atoms with van der Waals surface area (Å²) in [4.78, 5) is 21.1. The summed E-state index contributed by atoms with van der Waals surface area (Å²) in [6, 6.07) is 16.3. The average Bonchev–Trinajstić information content (AvgIpc) is 2.64. The number of nitrogens with zero attached hydrogens (tertiary/aromatic N) is 2. The summed E-state index contributed by atoms with van der Waals surface area (Å²) in [5.41, 5.74) is 1.92. The van der Waals surface area contributed by atoms with Crippen LogP contribution in [-0.2, 0) is 0 Å². The third-order valence-corrected chi connectivity index (χ3v) is 3.40. The molecule has 0 fully saturated rings. The van der Waals surface area contributed by atoms with Crippen LogP contribution in [0.4, 0.5) is 5.69 Å². The zero-order valence-corrected chi connectivity index (χ0v) is 13.3. The number of anilines is 1. The van der Waals surface area contributed by atoms with Crippen molar-refractivity contribution in [2.75, 3.05) is 11.9 Å². The Morgan fingerprint density at radius 1 is 1.00 bits per heavy atom. The van der Waals surface area contributed by atoms with E-state index < -0.39 is 0 Å². The lowest BCUT2D eigenvalue weighted by Crippen LogP contribution is -2.13. The van der Waals surface area contributed by atoms with Crippen molar-refractivity contribution in [2.24, 2.45) is 0 Å². The van der Waals surface area contributed by atoms with E-state index in [1.54, 1.807) is 24.5 Å². The van der Waals surface area contributed by atoms with E-state index in [0.29, 0.717) is 29.2 Å². The van der Waals surface area contributed by atoms with Crippen LogP contribution in [0.25, 0.3) is 11.4 Å². The highest BCUT2D eigenvalue weighted by Crippen LogP contribution is 2.22. The van der Waals surface area contributed by atoms with Crippen LogP contribution in [0.3, 0.4) is 0 Å². The minimum absolute atomic E-state index is 0.206. The predicted molar refractivity (Wildman–Crippen MR) is 93.0 cm³/mol. The Morgan fingerprint density at radius 2 is 1.71 bits per heavy atom. The highest BCUT2D eigenvalue weighted by molar-refractivity contribution is 6.08. The normalized spacial score (nSPS) is 10.2. The largest absolute Gasteiger partial charge is 0.494 e. The van der Waals surface area contributed by atoms with Crippen LogP contribution in [0.5, 0.6) is 5.75 Å². The maximum absolute atomic E-state index is 12.6. The van der Waals surface area contributed by atoms with Gasteiger partial charge in [-0.3, -0.25) is 4.79 Å². The number of aromatic nitrogens is 2. The fourth-order valence-electron chi connectivity index (χ4n) is 2.31. The van der Waals surface area contributed by atoms with E-state index >= 15 is 0 Å². The summed E-state index contributed by atoms with van der Waals surface area (Å²) in [5, 5.41) is 2.89. The Bertz CT molecular complexity index is 818. The lowest BCUT2D eigenvalue weighted by molar-refractivity contribution is 0.102. The van der Waals surface area contributed by atoms with E-state index in [2.05, 4.69) is 15.3 Å². The second kappa shape index (κ2) is 7.37. The van der Waals surface area contributed by atoms with Gasteiger partial charge in [-0.25, -0.2) is 9.97 Å². The first-order chi connectivity index (χ1) is 11.8. The molecule has 0 saturated heterocycles. The van der Waals surface area contributed by atoms with Gasteiger partial charge in [0.1, 0.15) is 5.75 Å². The second-order valence-electron chi connectivity index (χ2n) is 5.03. The van der Waals surface area contributed by atoms with Crippen LogP contribution in [0.15, 0.2) is 67.0 Å². The van der Waals surface area contributed by atoms with Gasteiger partial charge in [0, 0.05) is 23.6 Å². The SMILES string of the molecule is CCOc1ccc(NC(=O)c2ccccc2-c2ncccn2)cc1. The molecule has 120 valence electrons. The van der Waals surface area contributed by atoms with Crippen LogP contribution in [0.1, 0.15) is 17.3 Å². The number of hydrogen-bond donors (Lipinski definition) is 1. The lowest BCUT2D eigenvalue weighted by atomic mass is 10.1. The molecule has 1 aromatic heterocycles. The Morgan fingerprint density at radius 3 is 2.42 bits per heavy atom. The Labute approximate surface area is 140 Å². The minimum atomic E-state index is -0.206. The molecule has 24 heavy (non-hydrogen) atoms. The molecule has 0 aliphatic carbocycles. The molecule has 2 aromatic carbocycles. The molecular formula is C19H17N3O2. The van der Waals surface area contributed by atoms with Crippen molar-refractivity contribution < 1.29 is 9.53 Å². The van der Waals surface area contributed by atoms with E-state index in [9.17, 15) is 4.79 Å². The summed E-state index contributed by atoms with van der Waals surface area (Å²) in [7, 11) is 0. The van der Waals surface area contributed by atoms with Gasteiger partial charge < -0.3 is 10.1 Å². The predicted octanol–water partition coefficient (Wildman–Crippen LogP) is 3.79. The molecule has 1 heterocycles. The van der Waals surface area contributed by atoms with Gasteiger partial charge in [0.25, 0.3) is 5.91 Å². The lowest BCUT2D eigenvalue weighted by Gasteiger charge is -2.10. The Balaban J connectivity index is 1.83. The Kier molecular flexibility index (Phi) is 4.81. The van der Waals surface area contributed by atoms with Gasteiger partial charge >= 0.3 is 0 Å². The fourth-order valence-corrected chi connectivity index (χ4v) is 2.31. The van der Waals surface area contributed by atoms with Crippen LogP contribution in [0.2, 0.25) is 0 Å². The quantitative estimate of drug-likeness (QED) is 0.777. The molecule has 0 atom stereocenters. The molecular weight excluding hydrogens is 302 g/mol.